The SMILES string of the molecule is Cc1ccc2c(C)c(C(=O)O)[nH]c2c1. The lowest BCUT2D eigenvalue weighted by Gasteiger charge is -1.92. The molecule has 2 N–H and O–H groups in total. The molecule has 2 aromatic rings. The van der Waals surface area contributed by atoms with E-state index in [1.807, 2.05) is 32.0 Å². The second kappa shape index (κ2) is 2.87. The number of aromatic carboxylic acids is 1. The summed E-state index contributed by atoms with van der Waals surface area (Å²) in [6.45, 7) is 3.80. The predicted molar refractivity (Wildman–Crippen MR) is 54.7 cm³/mol. The van der Waals surface area contributed by atoms with Crippen molar-refractivity contribution in [2.24, 2.45) is 0 Å². The Labute approximate surface area is 81.4 Å². The zero-order chi connectivity index (χ0) is 10.3. The van der Waals surface area contributed by atoms with Gasteiger partial charge in [0.15, 0.2) is 0 Å². The lowest BCUT2D eigenvalue weighted by atomic mass is 10.1. The molecule has 0 aliphatic heterocycles. The number of rotatable bonds is 1. The lowest BCUT2D eigenvalue weighted by molar-refractivity contribution is 0.0691. The van der Waals surface area contributed by atoms with E-state index in [0.29, 0.717) is 0 Å². The number of carboxylic acid groups (broad SMARTS) is 1. The van der Waals surface area contributed by atoms with Gasteiger partial charge in [-0.2, -0.15) is 0 Å². The third kappa shape index (κ3) is 1.18. The summed E-state index contributed by atoms with van der Waals surface area (Å²) in [4.78, 5) is 13.7. The highest BCUT2D eigenvalue weighted by Gasteiger charge is 2.12. The Morgan fingerprint density at radius 1 is 1.36 bits per heavy atom. The van der Waals surface area contributed by atoms with Crippen LogP contribution in [0.3, 0.4) is 0 Å². The number of nitrogens with one attached hydrogen (secondary N) is 1. The van der Waals surface area contributed by atoms with Crippen molar-refractivity contribution in [1.29, 1.82) is 0 Å². The summed E-state index contributed by atoms with van der Waals surface area (Å²) < 4.78 is 0. The predicted octanol–water partition coefficient (Wildman–Crippen LogP) is 2.48. The number of hydrogen-bond acceptors (Lipinski definition) is 1. The fraction of sp³-hybridized carbons (Fsp3) is 0.182. The Morgan fingerprint density at radius 3 is 2.71 bits per heavy atom. The van der Waals surface area contributed by atoms with Crippen molar-refractivity contribution in [2.75, 3.05) is 0 Å². The number of benzene rings is 1. The molecule has 1 aromatic carbocycles. The Balaban J connectivity index is 2.79. The highest BCUT2D eigenvalue weighted by molar-refractivity contribution is 5.97. The second-order valence-corrected chi connectivity index (χ2v) is 3.48. The fourth-order valence-electron chi connectivity index (χ4n) is 1.67. The van der Waals surface area contributed by atoms with Crippen molar-refractivity contribution in [3.05, 3.63) is 35.0 Å². The molecule has 0 saturated carbocycles. The summed E-state index contributed by atoms with van der Waals surface area (Å²) in [6, 6.07) is 5.88. The van der Waals surface area contributed by atoms with Gasteiger partial charge in [0.2, 0.25) is 0 Å². The number of aromatic nitrogens is 1. The van der Waals surface area contributed by atoms with Gasteiger partial charge in [-0.05, 0) is 31.0 Å². The van der Waals surface area contributed by atoms with E-state index in [1.54, 1.807) is 0 Å². The van der Waals surface area contributed by atoms with Gasteiger partial charge in [0.25, 0.3) is 0 Å². The molecule has 72 valence electrons. The normalized spacial score (nSPS) is 10.7. The Morgan fingerprint density at radius 2 is 2.07 bits per heavy atom. The van der Waals surface area contributed by atoms with Gasteiger partial charge in [-0.25, -0.2) is 4.79 Å². The Hall–Kier alpha value is -1.77. The third-order valence-corrected chi connectivity index (χ3v) is 2.43. The Bertz CT molecular complexity index is 511. The van der Waals surface area contributed by atoms with Crippen LogP contribution in [-0.2, 0) is 0 Å². The van der Waals surface area contributed by atoms with Crippen LogP contribution in [0, 0.1) is 13.8 Å². The summed E-state index contributed by atoms with van der Waals surface area (Å²) >= 11 is 0. The average molecular weight is 189 g/mol. The lowest BCUT2D eigenvalue weighted by Crippen LogP contribution is -1.97. The number of fused-ring (bicyclic) bond motifs is 1. The molecule has 1 aromatic heterocycles. The van der Waals surface area contributed by atoms with Crippen LogP contribution in [0.5, 0.6) is 0 Å². The quantitative estimate of drug-likeness (QED) is 0.724. The first-order valence-electron chi connectivity index (χ1n) is 4.42. The van der Waals surface area contributed by atoms with Crippen molar-refractivity contribution >= 4 is 16.9 Å². The van der Waals surface area contributed by atoms with Gasteiger partial charge in [-0.1, -0.05) is 12.1 Å². The maximum atomic E-state index is 10.8. The summed E-state index contributed by atoms with van der Waals surface area (Å²) in [5, 5.41) is 9.88. The topological polar surface area (TPSA) is 53.1 Å². The molecular weight excluding hydrogens is 178 g/mol. The fourth-order valence-corrected chi connectivity index (χ4v) is 1.67. The molecule has 0 amide bonds. The zero-order valence-corrected chi connectivity index (χ0v) is 8.09. The molecule has 0 radical (unpaired) electrons. The zero-order valence-electron chi connectivity index (χ0n) is 8.09. The molecular formula is C11H11NO2. The van der Waals surface area contributed by atoms with E-state index in [4.69, 9.17) is 5.11 Å². The van der Waals surface area contributed by atoms with Crippen LogP contribution >= 0.6 is 0 Å². The van der Waals surface area contributed by atoms with Crippen molar-refractivity contribution in [2.45, 2.75) is 13.8 Å². The van der Waals surface area contributed by atoms with E-state index < -0.39 is 5.97 Å². The minimum absolute atomic E-state index is 0.283. The van der Waals surface area contributed by atoms with Gasteiger partial charge in [0.1, 0.15) is 5.69 Å². The largest absolute Gasteiger partial charge is 0.477 e. The van der Waals surface area contributed by atoms with Crippen molar-refractivity contribution in [1.82, 2.24) is 4.98 Å². The van der Waals surface area contributed by atoms with Gasteiger partial charge in [-0.15, -0.1) is 0 Å². The molecule has 0 spiro atoms. The monoisotopic (exact) mass is 189 g/mol. The number of aromatic amines is 1. The van der Waals surface area contributed by atoms with Gasteiger partial charge in [0, 0.05) is 10.9 Å². The number of aryl methyl sites for hydroxylation is 2. The van der Waals surface area contributed by atoms with Gasteiger partial charge in [0.05, 0.1) is 0 Å². The maximum Gasteiger partial charge on any atom is 0.352 e. The molecule has 0 bridgehead atoms. The molecule has 0 aliphatic carbocycles. The number of hydrogen-bond donors (Lipinski definition) is 2. The van der Waals surface area contributed by atoms with Crippen LogP contribution in [-0.4, -0.2) is 16.1 Å². The van der Waals surface area contributed by atoms with Gasteiger partial charge in [-0.3, -0.25) is 0 Å². The van der Waals surface area contributed by atoms with E-state index in [9.17, 15) is 4.79 Å². The Kier molecular flexibility index (Phi) is 1.81. The van der Waals surface area contributed by atoms with Crippen LogP contribution in [0.1, 0.15) is 21.6 Å². The van der Waals surface area contributed by atoms with E-state index in [-0.39, 0.29) is 5.69 Å². The molecule has 1 heterocycles. The molecule has 0 fully saturated rings. The van der Waals surface area contributed by atoms with Crippen LogP contribution in [0.15, 0.2) is 18.2 Å². The van der Waals surface area contributed by atoms with Crippen molar-refractivity contribution < 1.29 is 9.90 Å². The third-order valence-electron chi connectivity index (χ3n) is 2.43. The van der Waals surface area contributed by atoms with Crippen molar-refractivity contribution in [3.8, 4) is 0 Å². The van der Waals surface area contributed by atoms with E-state index in [2.05, 4.69) is 4.98 Å². The maximum absolute atomic E-state index is 10.8. The molecule has 0 atom stereocenters. The first-order valence-corrected chi connectivity index (χ1v) is 4.42. The average Bonchev–Trinajstić information content (AvgIpc) is 2.43. The summed E-state index contributed by atoms with van der Waals surface area (Å²) in [7, 11) is 0. The van der Waals surface area contributed by atoms with Crippen LogP contribution in [0.2, 0.25) is 0 Å². The first-order chi connectivity index (χ1) is 6.59. The van der Waals surface area contributed by atoms with E-state index in [0.717, 1.165) is 22.0 Å². The minimum atomic E-state index is -0.906. The number of carboxylic acids is 1. The van der Waals surface area contributed by atoms with E-state index >= 15 is 0 Å². The molecule has 14 heavy (non-hydrogen) atoms. The number of H-pyrrole nitrogens is 1. The number of carbonyl (C=O) groups is 1. The van der Waals surface area contributed by atoms with Crippen LogP contribution < -0.4 is 0 Å². The molecule has 3 nitrogen and oxygen atoms in total. The van der Waals surface area contributed by atoms with Crippen LogP contribution in [0.4, 0.5) is 0 Å². The van der Waals surface area contributed by atoms with Gasteiger partial charge < -0.3 is 10.1 Å². The highest BCUT2D eigenvalue weighted by atomic mass is 16.4. The smallest absolute Gasteiger partial charge is 0.352 e. The minimum Gasteiger partial charge on any atom is -0.477 e. The van der Waals surface area contributed by atoms with Crippen LogP contribution in [0.25, 0.3) is 10.9 Å². The molecule has 0 saturated heterocycles. The van der Waals surface area contributed by atoms with Gasteiger partial charge >= 0.3 is 5.97 Å². The van der Waals surface area contributed by atoms with E-state index in [1.165, 1.54) is 0 Å². The summed E-state index contributed by atoms with van der Waals surface area (Å²) in [5.74, 6) is -0.906. The highest BCUT2D eigenvalue weighted by Crippen LogP contribution is 2.22. The second-order valence-electron chi connectivity index (χ2n) is 3.48. The standard InChI is InChI=1S/C11H11NO2/c1-6-3-4-8-7(2)10(11(13)14)12-9(8)5-6/h3-5,12H,1-2H3,(H,13,14). The summed E-state index contributed by atoms with van der Waals surface area (Å²) in [5.41, 5.74) is 3.09. The van der Waals surface area contributed by atoms with Crippen molar-refractivity contribution in [3.63, 3.8) is 0 Å². The summed E-state index contributed by atoms with van der Waals surface area (Å²) in [6.07, 6.45) is 0. The molecule has 0 unspecified atom stereocenters. The first kappa shape index (κ1) is 8.81. The molecule has 0 aliphatic rings. The molecule has 3 heteroatoms. The molecule has 2 rings (SSSR count).